The number of carbonyl (C=O) groups is 2. The van der Waals surface area contributed by atoms with Crippen molar-refractivity contribution in [1.29, 1.82) is 0 Å². The number of halogens is 3. The Morgan fingerprint density at radius 2 is 2.14 bits per heavy atom. The fraction of sp³-hybridized carbons (Fsp3) is 0.421. The summed E-state index contributed by atoms with van der Waals surface area (Å²) in [6.07, 6.45) is 0.364. The maximum Gasteiger partial charge on any atom is 0.433 e. The van der Waals surface area contributed by atoms with Gasteiger partial charge in [0, 0.05) is 25.2 Å². The maximum absolute atomic E-state index is 13.2. The SMILES string of the molecule is CN1C(=O)C(C)(CC2=CCCOC2)NC(=O)/C1=C/c1cccnc1C(F)(F)F. The number of alkyl halides is 3. The first-order chi connectivity index (χ1) is 13.1. The van der Waals surface area contributed by atoms with Gasteiger partial charge in [0.05, 0.1) is 13.2 Å². The van der Waals surface area contributed by atoms with Gasteiger partial charge in [0.15, 0.2) is 5.69 Å². The Morgan fingerprint density at radius 1 is 1.39 bits per heavy atom. The second-order valence-electron chi connectivity index (χ2n) is 7.00. The fourth-order valence-electron chi connectivity index (χ4n) is 3.39. The van der Waals surface area contributed by atoms with E-state index in [2.05, 4.69) is 10.3 Å². The summed E-state index contributed by atoms with van der Waals surface area (Å²) in [6.45, 7) is 2.59. The predicted octanol–water partition coefficient (Wildman–Crippen LogP) is 2.53. The van der Waals surface area contributed by atoms with Crippen LogP contribution >= 0.6 is 0 Å². The van der Waals surface area contributed by atoms with Crippen LogP contribution in [0.4, 0.5) is 13.2 Å². The van der Waals surface area contributed by atoms with Gasteiger partial charge >= 0.3 is 6.18 Å². The van der Waals surface area contributed by atoms with Crippen molar-refractivity contribution in [3.05, 3.63) is 46.9 Å². The van der Waals surface area contributed by atoms with E-state index in [0.717, 1.165) is 29.2 Å². The highest BCUT2D eigenvalue weighted by Crippen LogP contribution is 2.33. The Kier molecular flexibility index (Phi) is 5.29. The molecule has 1 fully saturated rings. The number of nitrogens with one attached hydrogen (secondary N) is 1. The summed E-state index contributed by atoms with van der Waals surface area (Å²) in [5, 5.41) is 2.65. The standard InChI is InChI=1S/C19H20F3N3O3/c1-18(10-12-5-4-8-28-11-12)17(27)25(2)14(16(26)24-18)9-13-6-3-7-23-15(13)19(20,21)22/h3,5-7,9H,4,8,10-11H2,1-2H3,(H,24,26)/b14-9-. The van der Waals surface area contributed by atoms with E-state index in [1.165, 1.54) is 19.2 Å². The quantitative estimate of drug-likeness (QED) is 0.631. The highest BCUT2D eigenvalue weighted by molar-refractivity contribution is 6.08. The van der Waals surface area contributed by atoms with E-state index in [-0.39, 0.29) is 17.7 Å². The molecule has 1 atom stereocenters. The van der Waals surface area contributed by atoms with Crippen LogP contribution in [-0.4, -0.2) is 47.5 Å². The minimum Gasteiger partial charge on any atom is -0.377 e. The van der Waals surface area contributed by atoms with Crippen molar-refractivity contribution in [3.8, 4) is 0 Å². The molecular formula is C19H20F3N3O3. The van der Waals surface area contributed by atoms with Crippen LogP contribution in [0.3, 0.4) is 0 Å². The first-order valence-corrected chi connectivity index (χ1v) is 8.72. The number of piperazine rings is 1. The topological polar surface area (TPSA) is 71.5 Å². The molecule has 0 aliphatic carbocycles. The van der Waals surface area contributed by atoms with Gasteiger partial charge in [-0.3, -0.25) is 14.6 Å². The largest absolute Gasteiger partial charge is 0.433 e. The van der Waals surface area contributed by atoms with Crippen LogP contribution in [0.1, 0.15) is 31.0 Å². The van der Waals surface area contributed by atoms with Crippen molar-refractivity contribution in [2.24, 2.45) is 0 Å². The number of pyridine rings is 1. The number of amides is 2. The second-order valence-corrected chi connectivity index (χ2v) is 7.00. The highest BCUT2D eigenvalue weighted by atomic mass is 19.4. The van der Waals surface area contributed by atoms with Crippen LogP contribution in [0, 0.1) is 0 Å². The van der Waals surface area contributed by atoms with E-state index >= 15 is 0 Å². The zero-order valence-electron chi connectivity index (χ0n) is 15.5. The summed E-state index contributed by atoms with van der Waals surface area (Å²) < 4.78 is 44.9. The molecule has 2 aliphatic rings. The summed E-state index contributed by atoms with van der Waals surface area (Å²) in [6, 6.07) is 2.54. The molecule has 150 valence electrons. The number of hydrogen-bond acceptors (Lipinski definition) is 4. The van der Waals surface area contributed by atoms with Crippen LogP contribution in [-0.2, 0) is 20.5 Å². The van der Waals surface area contributed by atoms with E-state index in [4.69, 9.17) is 4.74 Å². The van der Waals surface area contributed by atoms with Gasteiger partial charge in [0.1, 0.15) is 11.2 Å². The number of rotatable bonds is 3. The van der Waals surface area contributed by atoms with Crippen molar-refractivity contribution in [2.45, 2.75) is 31.5 Å². The molecule has 0 aromatic carbocycles. The van der Waals surface area contributed by atoms with Gasteiger partial charge in [-0.05, 0) is 31.1 Å². The third kappa shape index (κ3) is 3.94. The van der Waals surface area contributed by atoms with Crippen LogP contribution in [0.5, 0.6) is 0 Å². The fourth-order valence-corrected chi connectivity index (χ4v) is 3.39. The molecule has 3 heterocycles. The van der Waals surface area contributed by atoms with Crippen LogP contribution < -0.4 is 5.32 Å². The molecule has 1 aromatic rings. The molecule has 3 rings (SSSR count). The lowest BCUT2D eigenvalue weighted by Gasteiger charge is -2.40. The maximum atomic E-state index is 13.2. The third-order valence-electron chi connectivity index (χ3n) is 4.72. The van der Waals surface area contributed by atoms with Crippen molar-refractivity contribution >= 4 is 17.9 Å². The van der Waals surface area contributed by atoms with Gasteiger partial charge < -0.3 is 15.0 Å². The molecule has 0 saturated carbocycles. The number of ether oxygens (including phenoxy) is 1. The molecule has 0 bridgehead atoms. The average Bonchev–Trinajstić information content (AvgIpc) is 2.64. The number of likely N-dealkylation sites (N-methyl/N-ethyl adjacent to an activating group) is 1. The lowest BCUT2D eigenvalue weighted by Crippen LogP contribution is -2.63. The molecule has 0 spiro atoms. The van der Waals surface area contributed by atoms with Gasteiger partial charge in [0.2, 0.25) is 0 Å². The first-order valence-electron chi connectivity index (χ1n) is 8.72. The van der Waals surface area contributed by atoms with Gasteiger partial charge in [-0.15, -0.1) is 0 Å². The van der Waals surface area contributed by atoms with E-state index in [0.29, 0.717) is 13.2 Å². The summed E-state index contributed by atoms with van der Waals surface area (Å²) in [4.78, 5) is 30.0. The Balaban J connectivity index is 1.91. The average molecular weight is 395 g/mol. The number of hydrogen-bond donors (Lipinski definition) is 1. The van der Waals surface area contributed by atoms with E-state index in [1.807, 2.05) is 6.08 Å². The summed E-state index contributed by atoms with van der Waals surface area (Å²) in [5.74, 6) is -1.04. The van der Waals surface area contributed by atoms with Gasteiger partial charge in [-0.2, -0.15) is 13.2 Å². The molecule has 1 N–H and O–H groups in total. The summed E-state index contributed by atoms with van der Waals surface area (Å²) >= 11 is 0. The number of aromatic nitrogens is 1. The minimum absolute atomic E-state index is 0.171. The molecule has 2 amide bonds. The molecule has 6 nitrogen and oxygen atoms in total. The van der Waals surface area contributed by atoms with Crippen LogP contribution in [0.2, 0.25) is 0 Å². The van der Waals surface area contributed by atoms with E-state index in [9.17, 15) is 22.8 Å². The van der Waals surface area contributed by atoms with Gasteiger partial charge in [-0.25, -0.2) is 0 Å². The van der Waals surface area contributed by atoms with Gasteiger partial charge in [0.25, 0.3) is 11.8 Å². The summed E-state index contributed by atoms with van der Waals surface area (Å²) in [7, 11) is 1.38. The van der Waals surface area contributed by atoms with Crippen molar-refractivity contribution in [1.82, 2.24) is 15.2 Å². The lowest BCUT2D eigenvalue weighted by molar-refractivity contribution is -0.143. The lowest BCUT2D eigenvalue weighted by atomic mass is 9.88. The highest BCUT2D eigenvalue weighted by Gasteiger charge is 2.45. The van der Waals surface area contributed by atoms with Crippen LogP contribution in [0.25, 0.3) is 6.08 Å². The minimum atomic E-state index is -4.68. The number of carbonyl (C=O) groups excluding carboxylic acids is 2. The predicted molar refractivity (Wildman–Crippen MR) is 94.7 cm³/mol. The van der Waals surface area contributed by atoms with Crippen molar-refractivity contribution in [3.63, 3.8) is 0 Å². The summed E-state index contributed by atoms with van der Waals surface area (Å²) in [5.41, 5.74) is -1.87. The molecular weight excluding hydrogens is 375 g/mol. The zero-order valence-corrected chi connectivity index (χ0v) is 15.5. The van der Waals surface area contributed by atoms with E-state index < -0.39 is 29.2 Å². The second kappa shape index (κ2) is 7.38. The molecule has 28 heavy (non-hydrogen) atoms. The van der Waals surface area contributed by atoms with Gasteiger partial charge in [-0.1, -0.05) is 12.1 Å². The monoisotopic (exact) mass is 395 g/mol. The van der Waals surface area contributed by atoms with Crippen molar-refractivity contribution < 1.29 is 27.5 Å². The molecule has 0 radical (unpaired) electrons. The Labute approximate surface area is 160 Å². The number of nitrogens with zero attached hydrogens (tertiary/aromatic N) is 2. The van der Waals surface area contributed by atoms with Crippen LogP contribution in [0.15, 0.2) is 35.7 Å². The molecule has 1 saturated heterocycles. The Morgan fingerprint density at radius 3 is 2.79 bits per heavy atom. The molecule has 9 heteroatoms. The Bertz CT molecular complexity index is 863. The Hall–Kier alpha value is -2.68. The normalized spacial score (nSPS) is 25.0. The smallest absolute Gasteiger partial charge is 0.377 e. The molecule has 1 aromatic heterocycles. The van der Waals surface area contributed by atoms with Crippen molar-refractivity contribution in [2.75, 3.05) is 20.3 Å². The molecule has 2 aliphatic heterocycles. The zero-order chi connectivity index (χ0) is 20.5. The van der Waals surface area contributed by atoms with E-state index in [1.54, 1.807) is 6.92 Å². The third-order valence-corrected chi connectivity index (χ3v) is 4.72. The first kappa shape index (κ1) is 20.1. The molecule has 1 unspecified atom stereocenters.